The van der Waals surface area contributed by atoms with Gasteiger partial charge < -0.3 is 15.0 Å². The lowest BCUT2D eigenvalue weighted by molar-refractivity contribution is -0.117. The summed E-state index contributed by atoms with van der Waals surface area (Å²) in [6.45, 7) is 2.86. The molecule has 4 rings (SSSR count). The Morgan fingerprint density at radius 1 is 0.742 bits per heavy atom. The van der Waals surface area contributed by atoms with Gasteiger partial charge in [0.25, 0.3) is 5.91 Å². The topological polar surface area (TPSA) is 61.9 Å². The van der Waals surface area contributed by atoms with E-state index in [2.05, 4.69) is 10.2 Å². The Morgan fingerprint density at radius 2 is 1.32 bits per heavy atom. The van der Waals surface area contributed by atoms with Gasteiger partial charge in [0.2, 0.25) is 5.91 Å². The SMILES string of the molecule is O=C(CN1CCN(C(=O)c2ccc(Oc3ccccc3)cc2)CC1)Nc1ccccc1. The van der Waals surface area contributed by atoms with Crippen LogP contribution in [-0.2, 0) is 4.79 Å². The molecule has 1 aliphatic rings. The van der Waals surface area contributed by atoms with Gasteiger partial charge in [-0.25, -0.2) is 0 Å². The van der Waals surface area contributed by atoms with Crippen molar-refractivity contribution in [3.63, 3.8) is 0 Å². The van der Waals surface area contributed by atoms with E-state index >= 15 is 0 Å². The van der Waals surface area contributed by atoms with Crippen LogP contribution in [-0.4, -0.2) is 54.3 Å². The summed E-state index contributed by atoms with van der Waals surface area (Å²) in [7, 11) is 0. The van der Waals surface area contributed by atoms with Crippen LogP contribution in [0.1, 0.15) is 10.4 Å². The number of nitrogens with one attached hydrogen (secondary N) is 1. The summed E-state index contributed by atoms with van der Waals surface area (Å²) >= 11 is 0. The number of amides is 2. The first-order valence-electron chi connectivity index (χ1n) is 10.4. The Labute approximate surface area is 182 Å². The summed E-state index contributed by atoms with van der Waals surface area (Å²) < 4.78 is 5.78. The third kappa shape index (κ3) is 5.71. The van der Waals surface area contributed by atoms with Crippen molar-refractivity contribution in [1.82, 2.24) is 9.80 Å². The van der Waals surface area contributed by atoms with Crippen LogP contribution >= 0.6 is 0 Å². The molecular weight excluding hydrogens is 390 g/mol. The van der Waals surface area contributed by atoms with E-state index in [9.17, 15) is 9.59 Å². The maximum absolute atomic E-state index is 12.8. The van der Waals surface area contributed by atoms with Gasteiger partial charge in [-0.1, -0.05) is 36.4 Å². The second-order valence-electron chi connectivity index (χ2n) is 7.42. The summed E-state index contributed by atoms with van der Waals surface area (Å²) in [5, 5.41) is 2.90. The van der Waals surface area contributed by atoms with Crippen molar-refractivity contribution in [2.75, 3.05) is 38.0 Å². The number of carbonyl (C=O) groups excluding carboxylic acids is 2. The lowest BCUT2D eigenvalue weighted by Crippen LogP contribution is -2.50. The normalized spacial score (nSPS) is 14.1. The maximum Gasteiger partial charge on any atom is 0.253 e. The lowest BCUT2D eigenvalue weighted by Gasteiger charge is -2.34. The van der Waals surface area contributed by atoms with Gasteiger partial charge in [0.1, 0.15) is 11.5 Å². The van der Waals surface area contributed by atoms with E-state index in [1.165, 1.54) is 0 Å². The number of ether oxygens (including phenoxy) is 1. The molecule has 0 aliphatic carbocycles. The van der Waals surface area contributed by atoms with Gasteiger partial charge in [-0.05, 0) is 48.5 Å². The molecule has 1 fully saturated rings. The van der Waals surface area contributed by atoms with E-state index in [-0.39, 0.29) is 11.8 Å². The number of hydrogen-bond acceptors (Lipinski definition) is 4. The zero-order valence-electron chi connectivity index (χ0n) is 17.2. The minimum Gasteiger partial charge on any atom is -0.457 e. The van der Waals surface area contributed by atoms with Crippen molar-refractivity contribution in [2.45, 2.75) is 0 Å². The lowest BCUT2D eigenvalue weighted by atomic mass is 10.1. The molecule has 1 N–H and O–H groups in total. The van der Waals surface area contributed by atoms with Crippen LogP contribution in [0.3, 0.4) is 0 Å². The summed E-state index contributed by atoms with van der Waals surface area (Å²) in [6, 6.07) is 26.2. The molecule has 31 heavy (non-hydrogen) atoms. The second-order valence-corrected chi connectivity index (χ2v) is 7.42. The van der Waals surface area contributed by atoms with Crippen molar-refractivity contribution in [3.8, 4) is 11.5 Å². The van der Waals surface area contributed by atoms with Crippen LogP contribution in [0, 0.1) is 0 Å². The molecule has 0 spiro atoms. The monoisotopic (exact) mass is 415 g/mol. The molecule has 0 radical (unpaired) electrons. The van der Waals surface area contributed by atoms with E-state index in [0.717, 1.165) is 11.4 Å². The van der Waals surface area contributed by atoms with Crippen LogP contribution in [0.4, 0.5) is 5.69 Å². The van der Waals surface area contributed by atoms with Gasteiger partial charge in [0.05, 0.1) is 6.54 Å². The molecule has 158 valence electrons. The molecule has 1 heterocycles. The van der Waals surface area contributed by atoms with Crippen LogP contribution in [0.25, 0.3) is 0 Å². The Morgan fingerprint density at radius 3 is 1.97 bits per heavy atom. The first kappa shape index (κ1) is 20.6. The largest absolute Gasteiger partial charge is 0.457 e. The standard InChI is InChI=1S/C25H25N3O3/c29-24(26-21-7-3-1-4-8-21)19-27-15-17-28(18-16-27)25(30)20-11-13-23(14-12-20)31-22-9-5-2-6-10-22/h1-14H,15-19H2,(H,26,29). The summed E-state index contributed by atoms with van der Waals surface area (Å²) in [5.74, 6) is 1.41. The van der Waals surface area contributed by atoms with E-state index in [1.807, 2.05) is 77.7 Å². The zero-order valence-corrected chi connectivity index (χ0v) is 17.2. The molecule has 3 aromatic rings. The Bertz CT molecular complexity index is 999. The molecule has 1 aliphatic heterocycles. The van der Waals surface area contributed by atoms with Crippen molar-refractivity contribution >= 4 is 17.5 Å². The highest BCUT2D eigenvalue weighted by Crippen LogP contribution is 2.21. The Balaban J connectivity index is 1.25. The number of anilines is 1. The smallest absolute Gasteiger partial charge is 0.253 e. The van der Waals surface area contributed by atoms with Crippen LogP contribution in [0.5, 0.6) is 11.5 Å². The predicted molar refractivity (Wildman–Crippen MR) is 120 cm³/mol. The molecule has 0 bridgehead atoms. The molecule has 6 nitrogen and oxygen atoms in total. The molecule has 2 amide bonds. The highest BCUT2D eigenvalue weighted by molar-refractivity contribution is 5.94. The number of benzene rings is 3. The van der Waals surface area contributed by atoms with Crippen LogP contribution in [0.2, 0.25) is 0 Å². The minimum absolute atomic E-state index is 0.000326. The van der Waals surface area contributed by atoms with Gasteiger partial charge in [0, 0.05) is 37.4 Å². The summed E-state index contributed by atoms with van der Waals surface area (Å²) in [5.41, 5.74) is 1.43. The molecule has 6 heteroatoms. The predicted octanol–water partition coefficient (Wildman–Crippen LogP) is 3.88. The number of nitrogens with zero attached hydrogens (tertiary/aromatic N) is 2. The number of hydrogen-bond donors (Lipinski definition) is 1. The van der Waals surface area contributed by atoms with Crippen molar-refractivity contribution in [2.24, 2.45) is 0 Å². The summed E-state index contributed by atoms with van der Waals surface area (Å²) in [6.07, 6.45) is 0. The van der Waals surface area contributed by atoms with Gasteiger partial charge in [-0.3, -0.25) is 14.5 Å². The molecule has 0 atom stereocenters. The number of piperazine rings is 1. The van der Waals surface area contributed by atoms with E-state index in [0.29, 0.717) is 44.0 Å². The third-order valence-corrected chi connectivity index (χ3v) is 5.16. The first-order valence-corrected chi connectivity index (χ1v) is 10.4. The van der Waals surface area contributed by atoms with Crippen molar-refractivity contribution in [3.05, 3.63) is 90.5 Å². The van der Waals surface area contributed by atoms with E-state index in [1.54, 1.807) is 12.1 Å². The fourth-order valence-electron chi connectivity index (χ4n) is 3.51. The van der Waals surface area contributed by atoms with E-state index in [4.69, 9.17) is 4.74 Å². The number of carbonyl (C=O) groups is 2. The molecule has 3 aromatic carbocycles. The van der Waals surface area contributed by atoms with Gasteiger partial charge in [-0.15, -0.1) is 0 Å². The summed E-state index contributed by atoms with van der Waals surface area (Å²) in [4.78, 5) is 29.0. The van der Waals surface area contributed by atoms with E-state index < -0.39 is 0 Å². The molecule has 0 aromatic heterocycles. The molecule has 0 unspecified atom stereocenters. The number of rotatable bonds is 6. The average molecular weight is 415 g/mol. The van der Waals surface area contributed by atoms with Gasteiger partial charge >= 0.3 is 0 Å². The Hall–Kier alpha value is -3.64. The number of para-hydroxylation sites is 2. The molecule has 0 saturated carbocycles. The van der Waals surface area contributed by atoms with Gasteiger partial charge in [0.15, 0.2) is 0 Å². The average Bonchev–Trinajstić information content (AvgIpc) is 2.81. The maximum atomic E-state index is 12.8. The Kier molecular flexibility index (Phi) is 6.59. The zero-order chi connectivity index (χ0) is 21.5. The molecule has 1 saturated heterocycles. The van der Waals surface area contributed by atoms with Crippen LogP contribution in [0.15, 0.2) is 84.9 Å². The quantitative estimate of drug-likeness (QED) is 0.664. The highest BCUT2D eigenvalue weighted by Gasteiger charge is 2.23. The fraction of sp³-hybridized carbons (Fsp3) is 0.200. The molecular formula is C25H25N3O3. The fourth-order valence-corrected chi connectivity index (χ4v) is 3.51. The second kappa shape index (κ2) is 9.91. The first-order chi connectivity index (χ1) is 15.2. The minimum atomic E-state index is -0.0417. The van der Waals surface area contributed by atoms with Crippen LogP contribution < -0.4 is 10.1 Å². The third-order valence-electron chi connectivity index (χ3n) is 5.16. The van der Waals surface area contributed by atoms with Crippen molar-refractivity contribution < 1.29 is 14.3 Å². The van der Waals surface area contributed by atoms with Crippen molar-refractivity contribution in [1.29, 1.82) is 0 Å². The van der Waals surface area contributed by atoms with Gasteiger partial charge in [-0.2, -0.15) is 0 Å². The highest BCUT2D eigenvalue weighted by atomic mass is 16.5.